The van der Waals surface area contributed by atoms with E-state index in [4.69, 9.17) is 4.74 Å². The van der Waals surface area contributed by atoms with Crippen LogP contribution in [0.15, 0.2) is 0 Å². The van der Waals surface area contributed by atoms with Gasteiger partial charge >= 0.3 is 0 Å². The summed E-state index contributed by atoms with van der Waals surface area (Å²) in [7, 11) is 0. The molecule has 0 saturated carbocycles. The van der Waals surface area contributed by atoms with Gasteiger partial charge < -0.3 is 9.84 Å². The molecule has 1 unspecified atom stereocenters. The minimum Gasteiger partial charge on any atom is -0.393 e. The van der Waals surface area contributed by atoms with Crippen LogP contribution in [0.1, 0.15) is 52.9 Å². The van der Waals surface area contributed by atoms with Crippen molar-refractivity contribution in [2.24, 2.45) is 5.92 Å². The first kappa shape index (κ1) is 13.9. The Morgan fingerprint density at radius 2 is 1.71 bits per heavy atom. The fraction of sp³-hybridized carbons (Fsp3) is 1.00. The Bertz CT molecular complexity index is 113. The van der Waals surface area contributed by atoms with Crippen LogP contribution in [0.5, 0.6) is 0 Å². The van der Waals surface area contributed by atoms with Gasteiger partial charge in [-0.05, 0) is 32.1 Å². The van der Waals surface area contributed by atoms with Crippen molar-refractivity contribution in [1.82, 2.24) is 0 Å². The van der Waals surface area contributed by atoms with E-state index in [0.717, 1.165) is 44.8 Å². The normalized spacial score (nSPS) is 13.5. The van der Waals surface area contributed by atoms with Crippen molar-refractivity contribution >= 4 is 0 Å². The van der Waals surface area contributed by atoms with Crippen molar-refractivity contribution < 1.29 is 9.84 Å². The summed E-state index contributed by atoms with van der Waals surface area (Å²) < 4.78 is 5.22. The highest BCUT2D eigenvalue weighted by atomic mass is 16.5. The highest BCUT2D eigenvalue weighted by molar-refractivity contribution is 4.57. The lowest BCUT2D eigenvalue weighted by Crippen LogP contribution is -2.08. The molecule has 0 aliphatic carbocycles. The van der Waals surface area contributed by atoms with Gasteiger partial charge in [-0.15, -0.1) is 0 Å². The van der Waals surface area contributed by atoms with Crippen LogP contribution in [0.3, 0.4) is 0 Å². The lowest BCUT2D eigenvalue weighted by Gasteiger charge is -2.11. The van der Waals surface area contributed by atoms with Gasteiger partial charge in [0.15, 0.2) is 0 Å². The summed E-state index contributed by atoms with van der Waals surface area (Å²) >= 11 is 0. The van der Waals surface area contributed by atoms with E-state index in [9.17, 15) is 5.11 Å². The van der Waals surface area contributed by atoms with E-state index in [-0.39, 0.29) is 6.10 Å². The topological polar surface area (TPSA) is 29.5 Å². The van der Waals surface area contributed by atoms with E-state index in [1.54, 1.807) is 0 Å². The molecule has 0 saturated heterocycles. The Morgan fingerprint density at radius 1 is 1.07 bits per heavy atom. The molecule has 0 rings (SSSR count). The standard InChI is InChI=1S/C12H26O2/c1-4-14-10-6-9-12(13)8-5-7-11(2)3/h11-13H,4-10H2,1-3H3. The van der Waals surface area contributed by atoms with Crippen LogP contribution in [0.2, 0.25) is 0 Å². The predicted molar refractivity (Wildman–Crippen MR) is 60.4 cm³/mol. The highest BCUT2D eigenvalue weighted by Gasteiger charge is 2.04. The third kappa shape index (κ3) is 10.0. The van der Waals surface area contributed by atoms with E-state index in [1.165, 1.54) is 6.42 Å². The summed E-state index contributed by atoms with van der Waals surface area (Å²) in [6.45, 7) is 8.02. The first-order valence-corrected chi connectivity index (χ1v) is 5.92. The summed E-state index contributed by atoms with van der Waals surface area (Å²) in [6, 6.07) is 0. The summed E-state index contributed by atoms with van der Waals surface area (Å²) in [5, 5.41) is 9.61. The molecule has 1 N–H and O–H groups in total. The zero-order chi connectivity index (χ0) is 10.8. The fourth-order valence-electron chi connectivity index (χ4n) is 1.47. The molecule has 14 heavy (non-hydrogen) atoms. The van der Waals surface area contributed by atoms with Crippen LogP contribution in [0, 0.1) is 5.92 Å². The van der Waals surface area contributed by atoms with Crippen molar-refractivity contribution in [3.05, 3.63) is 0 Å². The molecule has 0 aliphatic rings. The number of hydrogen-bond acceptors (Lipinski definition) is 2. The Balaban J connectivity index is 3.15. The van der Waals surface area contributed by atoms with E-state index in [2.05, 4.69) is 13.8 Å². The van der Waals surface area contributed by atoms with Crippen LogP contribution < -0.4 is 0 Å². The van der Waals surface area contributed by atoms with Crippen LogP contribution in [-0.4, -0.2) is 24.4 Å². The van der Waals surface area contributed by atoms with Gasteiger partial charge in [0.25, 0.3) is 0 Å². The van der Waals surface area contributed by atoms with E-state index in [0.29, 0.717) is 0 Å². The van der Waals surface area contributed by atoms with Crippen molar-refractivity contribution in [2.75, 3.05) is 13.2 Å². The number of ether oxygens (including phenoxy) is 1. The molecular weight excluding hydrogens is 176 g/mol. The molecule has 0 aromatic rings. The van der Waals surface area contributed by atoms with E-state index < -0.39 is 0 Å². The molecule has 2 heteroatoms. The highest BCUT2D eigenvalue weighted by Crippen LogP contribution is 2.11. The second kappa shape index (κ2) is 9.47. The van der Waals surface area contributed by atoms with Crippen molar-refractivity contribution in [3.63, 3.8) is 0 Å². The molecule has 0 fully saturated rings. The van der Waals surface area contributed by atoms with Crippen molar-refractivity contribution in [2.45, 2.75) is 59.0 Å². The van der Waals surface area contributed by atoms with E-state index in [1.807, 2.05) is 6.92 Å². The second-order valence-electron chi connectivity index (χ2n) is 4.32. The average molecular weight is 202 g/mol. The molecule has 0 heterocycles. The zero-order valence-corrected chi connectivity index (χ0v) is 9.96. The van der Waals surface area contributed by atoms with Crippen LogP contribution in [-0.2, 0) is 4.74 Å². The maximum atomic E-state index is 9.61. The van der Waals surface area contributed by atoms with Gasteiger partial charge in [-0.2, -0.15) is 0 Å². The summed E-state index contributed by atoms with van der Waals surface area (Å²) in [5.74, 6) is 0.755. The van der Waals surface area contributed by atoms with Gasteiger partial charge in [-0.1, -0.05) is 26.7 Å². The lowest BCUT2D eigenvalue weighted by molar-refractivity contribution is 0.108. The Labute approximate surface area is 88.7 Å². The number of hydrogen-bond donors (Lipinski definition) is 1. The van der Waals surface area contributed by atoms with Gasteiger partial charge in [-0.25, -0.2) is 0 Å². The Kier molecular flexibility index (Phi) is 9.42. The fourth-order valence-corrected chi connectivity index (χ4v) is 1.47. The van der Waals surface area contributed by atoms with E-state index >= 15 is 0 Å². The molecule has 0 amide bonds. The average Bonchev–Trinajstić information content (AvgIpc) is 2.12. The molecule has 0 spiro atoms. The number of aliphatic hydroxyl groups excluding tert-OH is 1. The quantitative estimate of drug-likeness (QED) is 0.582. The maximum absolute atomic E-state index is 9.61. The zero-order valence-electron chi connectivity index (χ0n) is 9.96. The smallest absolute Gasteiger partial charge is 0.0541 e. The molecule has 0 radical (unpaired) electrons. The minimum atomic E-state index is -0.116. The van der Waals surface area contributed by atoms with Gasteiger partial charge in [-0.3, -0.25) is 0 Å². The van der Waals surface area contributed by atoms with Crippen LogP contribution in [0.4, 0.5) is 0 Å². The predicted octanol–water partition coefficient (Wildman–Crippen LogP) is 2.99. The molecule has 0 aromatic carbocycles. The van der Waals surface area contributed by atoms with Gasteiger partial charge in [0.2, 0.25) is 0 Å². The first-order chi connectivity index (χ1) is 6.66. The number of rotatable bonds is 9. The monoisotopic (exact) mass is 202 g/mol. The summed E-state index contributed by atoms with van der Waals surface area (Å²) in [4.78, 5) is 0. The van der Waals surface area contributed by atoms with Crippen LogP contribution in [0.25, 0.3) is 0 Å². The van der Waals surface area contributed by atoms with Crippen LogP contribution >= 0.6 is 0 Å². The van der Waals surface area contributed by atoms with Crippen molar-refractivity contribution in [3.8, 4) is 0 Å². The SMILES string of the molecule is CCOCCCC(O)CCCC(C)C. The Hall–Kier alpha value is -0.0800. The molecule has 0 bridgehead atoms. The Morgan fingerprint density at radius 3 is 2.29 bits per heavy atom. The molecule has 1 atom stereocenters. The van der Waals surface area contributed by atoms with Crippen molar-refractivity contribution in [1.29, 1.82) is 0 Å². The van der Waals surface area contributed by atoms with Gasteiger partial charge in [0, 0.05) is 13.2 Å². The largest absolute Gasteiger partial charge is 0.393 e. The maximum Gasteiger partial charge on any atom is 0.0541 e. The minimum absolute atomic E-state index is 0.116. The second-order valence-corrected chi connectivity index (χ2v) is 4.32. The third-order valence-electron chi connectivity index (χ3n) is 2.35. The third-order valence-corrected chi connectivity index (χ3v) is 2.35. The van der Waals surface area contributed by atoms with Gasteiger partial charge in [0.1, 0.15) is 0 Å². The van der Waals surface area contributed by atoms with Gasteiger partial charge in [0.05, 0.1) is 6.10 Å². The molecule has 2 nitrogen and oxygen atoms in total. The molecule has 0 aromatic heterocycles. The first-order valence-electron chi connectivity index (χ1n) is 5.92. The molecular formula is C12H26O2. The lowest BCUT2D eigenvalue weighted by atomic mass is 10.0. The summed E-state index contributed by atoms with van der Waals surface area (Å²) in [5.41, 5.74) is 0. The molecule has 0 aliphatic heterocycles. The summed E-state index contributed by atoms with van der Waals surface area (Å²) in [6.07, 6.45) is 5.07. The molecule has 86 valence electrons. The number of aliphatic hydroxyl groups is 1.